The zero-order chi connectivity index (χ0) is 16.1. The van der Waals surface area contributed by atoms with E-state index in [1.165, 1.54) is 0 Å². The van der Waals surface area contributed by atoms with Crippen molar-refractivity contribution in [1.82, 2.24) is 5.01 Å². The maximum Gasteiger partial charge on any atom is 0.246 e. The number of nitrogens with zero attached hydrogens (tertiary/aromatic N) is 2. The molecule has 0 amide bonds. The second-order valence-corrected chi connectivity index (χ2v) is 6.57. The molecule has 7 heteroatoms. The summed E-state index contributed by atoms with van der Waals surface area (Å²) in [6.07, 6.45) is 0. The Kier molecular flexibility index (Phi) is 5.40. The zero-order valence-corrected chi connectivity index (χ0v) is 15.3. The van der Waals surface area contributed by atoms with Gasteiger partial charge in [0.25, 0.3) is 0 Å². The molecule has 5 nitrogen and oxygen atoms in total. The van der Waals surface area contributed by atoms with Crippen LogP contribution < -0.4 is 9.47 Å². The molecule has 0 fully saturated rings. The third-order valence-corrected chi connectivity index (χ3v) is 4.06. The molecular formula is C16H14Br2N2O3. The van der Waals surface area contributed by atoms with E-state index in [2.05, 4.69) is 37.0 Å². The summed E-state index contributed by atoms with van der Waals surface area (Å²) < 4.78 is 18.8. The molecule has 1 aliphatic heterocycles. The second kappa shape index (κ2) is 7.70. The molecule has 0 saturated carbocycles. The van der Waals surface area contributed by atoms with Gasteiger partial charge in [0.2, 0.25) is 5.90 Å². The fraction of sp³-hybridized carbons (Fsp3) is 0.188. The van der Waals surface area contributed by atoms with Crippen molar-refractivity contribution >= 4 is 37.8 Å². The van der Waals surface area contributed by atoms with Gasteiger partial charge in [-0.2, -0.15) is 0 Å². The van der Waals surface area contributed by atoms with Gasteiger partial charge in [-0.1, -0.05) is 31.9 Å². The van der Waals surface area contributed by atoms with Crippen LogP contribution in [0.15, 0.2) is 62.6 Å². The lowest BCUT2D eigenvalue weighted by molar-refractivity contribution is 0.0812. The van der Waals surface area contributed by atoms with Crippen molar-refractivity contribution in [3.05, 3.63) is 57.5 Å². The zero-order valence-electron chi connectivity index (χ0n) is 12.1. The van der Waals surface area contributed by atoms with Crippen molar-refractivity contribution in [1.29, 1.82) is 0 Å². The van der Waals surface area contributed by atoms with Crippen molar-refractivity contribution in [3.8, 4) is 11.5 Å². The fourth-order valence-electron chi connectivity index (χ4n) is 1.86. The first-order valence-corrected chi connectivity index (χ1v) is 8.49. The number of rotatable bonds is 6. The van der Waals surface area contributed by atoms with Gasteiger partial charge < -0.3 is 14.2 Å². The minimum Gasteiger partial charge on any atom is -0.484 e. The number of hydrogen-bond acceptors (Lipinski definition) is 5. The van der Waals surface area contributed by atoms with Crippen LogP contribution in [0.5, 0.6) is 11.5 Å². The number of ether oxygens (including phenoxy) is 3. The highest BCUT2D eigenvalue weighted by Gasteiger charge is 2.16. The van der Waals surface area contributed by atoms with E-state index < -0.39 is 0 Å². The average molecular weight is 442 g/mol. The van der Waals surface area contributed by atoms with E-state index in [-0.39, 0.29) is 6.61 Å². The third kappa shape index (κ3) is 4.87. The van der Waals surface area contributed by atoms with Gasteiger partial charge in [-0.25, -0.2) is 5.01 Å². The molecule has 0 atom stereocenters. The Bertz CT molecular complexity index is 675. The molecule has 0 spiro atoms. The van der Waals surface area contributed by atoms with Crippen LogP contribution in [-0.2, 0) is 4.74 Å². The minimum atomic E-state index is 0.288. The van der Waals surface area contributed by atoms with Crippen LogP contribution in [0, 0.1) is 0 Å². The van der Waals surface area contributed by atoms with Crippen LogP contribution >= 0.6 is 31.9 Å². The van der Waals surface area contributed by atoms with Crippen LogP contribution in [0.1, 0.15) is 0 Å². The molecule has 0 radical (unpaired) electrons. The average Bonchev–Trinajstić information content (AvgIpc) is 3.02. The van der Waals surface area contributed by atoms with Crippen molar-refractivity contribution in [2.45, 2.75) is 0 Å². The van der Waals surface area contributed by atoms with E-state index in [4.69, 9.17) is 14.2 Å². The lowest BCUT2D eigenvalue weighted by atomic mass is 10.3. The fourth-order valence-corrected chi connectivity index (χ4v) is 2.39. The first-order valence-electron chi connectivity index (χ1n) is 6.91. The number of halogens is 2. The molecule has 0 N–H and O–H groups in total. The molecule has 1 aliphatic rings. The van der Waals surface area contributed by atoms with Crippen molar-refractivity contribution in [2.24, 2.45) is 5.10 Å². The summed E-state index contributed by atoms with van der Waals surface area (Å²) in [6.45, 7) is 0.968. The summed E-state index contributed by atoms with van der Waals surface area (Å²) in [6, 6.07) is 15.2. The van der Waals surface area contributed by atoms with Gasteiger partial charge in [0.15, 0.2) is 20.1 Å². The van der Waals surface area contributed by atoms with Crippen LogP contribution in [0.3, 0.4) is 0 Å². The second-order valence-electron chi connectivity index (χ2n) is 4.74. The lowest BCUT2D eigenvalue weighted by Gasteiger charge is -2.12. The third-order valence-electron chi connectivity index (χ3n) is 3.00. The Morgan fingerprint density at radius 2 is 1.48 bits per heavy atom. The van der Waals surface area contributed by atoms with Crippen molar-refractivity contribution < 1.29 is 14.2 Å². The van der Waals surface area contributed by atoms with Gasteiger partial charge in [-0.15, -0.1) is 5.10 Å². The highest BCUT2D eigenvalue weighted by molar-refractivity contribution is 9.10. The molecular weight excluding hydrogens is 428 g/mol. The van der Waals surface area contributed by atoms with Gasteiger partial charge in [-0.3, -0.25) is 0 Å². The number of hydrogen-bond donors (Lipinski definition) is 0. The summed E-state index contributed by atoms with van der Waals surface area (Å²) in [5.74, 6) is 2.08. The van der Waals surface area contributed by atoms with E-state index in [0.717, 1.165) is 20.4 Å². The maximum absolute atomic E-state index is 5.64. The van der Waals surface area contributed by atoms with E-state index in [9.17, 15) is 0 Å². The standard InChI is InChI=1S/C16H14Br2N2O3/c17-12-1-5-14(6-2-12)21-9-16-19-20(11-23-16)10-22-15-7-3-13(18)4-8-15/h1-8H,9-11H2. The first-order chi connectivity index (χ1) is 11.2. The molecule has 0 unspecified atom stereocenters. The summed E-state index contributed by atoms with van der Waals surface area (Å²) in [5, 5.41) is 6.01. The summed E-state index contributed by atoms with van der Waals surface area (Å²) >= 11 is 6.77. The molecule has 1 heterocycles. The minimum absolute atomic E-state index is 0.288. The van der Waals surface area contributed by atoms with Gasteiger partial charge in [0, 0.05) is 8.95 Å². The Balaban J connectivity index is 1.46. The largest absolute Gasteiger partial charge is 0.484 e. The summed E-state index contributed by atoms with van der Waals surface area (Å²) in [5.41, 5.74) is 0. The predicted octanol–water partition coefficient (Wildman–Crippen LogP) is 4.23. The molecule has 2 aromatic carbocycles. The van der Waals surface area contributed by atoms with Crippen LogP contribution in [0.25, 0.3) is 0 Å². The molecule has 2 aromatic rings. The molecule has 0 aliphatic carbocycles. The quantitative estimate of drug-likeness (QED) is 0.672. The molecule has 120 valence electrons. The Hall–Kier alpha value is -1.73. The summed E-state index contributed by atoms with van der Waals surface area (Å²) in [4.78, 5) is 0. The lowest BCUT2D eigenvalue weighted by Crippen LogP contribution is -2.20. The van der Waals surface area contributed by atoms with Gasteiger partial charge in [0.1, 0.15) is 11.5 Å². The van der Waals surface area contributed by atoms with E-state index >= 15 is 0 Å². The topological polar surface area (TPSA) is 43.3 Å². The molecule has 3 rings (SSSR count). The van der Waals surface area contributed by atoms with Crippen LogP contribution in [-0.4, -0.2) is 31.0 Å². The van der Waals surface area contributed by atoms with E-state index in [1.807, 2.05) is 48.5 Å². The highest BCUT2D eigenvalue weighted by atomic mass is 79.9. The summed E-state index contributed by atoms with van der Waals surface area (Å²) in [7, 11) is 0. The monoisotopic (exact) mass is 440 g/mol. The Morgan fingerprint density at radius 1 is 0.913 bits per heavy atom. The Labute approximate surface area is 151 Å². The van der Waals surface area contributed by atoms with Crippen molar-refractivity contribution in [3.63, 3.8) is 0 Å². The molecule has 0 bridgehead atoms. The normalized spacial score (nSPS) is 13.5. The van der Waals surface area contributed by atoms with E-state index in [1.54, 1.807) is 5.01 Å². The molecule has 23 heavy (non-hydrogen) atoms. The van der Waals surface area contributed by atoms with Gasteiger partial charge in [0.05, 0.1) is 0 Å². The number of benzene rings is 2. The van der Waals surface area contributed by atoms with Gasteiger partial charge >= 0.3 is 0 Å². The van der Waals surface area contributed by atoms with Crippen LogP contribution in [0.2, 0.25) is 0 Å². The van der Waals surface area contributed by atoms with Gasteiger partial charge in [-0.05, 0) is 48.5 Å². The maximum atomic E-state index is 5.64. The Morgan fingerprint density at radius 3 is 2.09 bits per heavy atom. The van der Waals surface area contributed by atoms with Crippen LogP contribution in [0.4, 0.5) is 0 Å². The molecule has 0 saturated heterocycles. The van der Waals surface area contributed by atoms with E-state index in [0.29, 0.717) is 19.4 Å². The van der Waals surface area contributed by atoms with Crippen molar-refractivity contribution in [2.75, 3.05) is 20.1 Å². The SMILES string of the molecule is Brc1ccc(OCC2=NN(COc3ccc(Br)cc3)CO2)cc1. The molecule has 0 aromatic heterocycles. The number of hydrazone groups is 1. The first kappa shape index (κ1) is 16.1. The predicted molar refractivity (Wildman–Crippen MR) is 94.5 cm³/mol. The highest BCUT2D eigenvalue weighted by Crippen LogP contribution is 2.18. The smallest absolute Gasteiger partial charge is 0.246 e.